The first-order valence-corrected chi connectivity index (χ1v) is 10.5. The van der Waals surface area contributed by atoms with Crippen LogP contribution in [0.4, 0.5) is 22.7 Å². The van der Waals surface area contributed by atoms with Crippen LogP contribution < -0.4 is 16.4 Å². The Morgan fingerprint density at radius 1 is 1.10 bits per heavy atom. The lowest BCUT2D eigenvalue weighted by molar-refractivity contribution is 0.518. The Morgan fingerprint density at radius 2 is 2.00 bits per heavy atom. The summed E-state index contributed by atoms with van der Waals surface area (Å²) in [5, 5.41) is 15.4. The van der Waals surface area contributed by atoms with E-state index in [1.54, 1.807) is 6.26 Å². The van der Waals surface area contributed by atoms with Crippen molar-refractivity contribution in [2.45, 2.75) is 23.6 Å². The number of nitrogens with zero attached hydrogens (tertiary/aromatic N) is 5. The number of nitrogens with one attached hydrogen (secondary N) is 2. The quantitative estimate of drug-likeness (QED) is 0.357. The third-order valence-corrected chi connectivity index (χ3v) is 5.83. The summed E-state index contributed by atoms with van der Waals surface area (Å²) in [6, 6.07) is 11.6. The van der Waals surface area contributed by atoms with Crippen LogP contribution in [0.15, 0.2) is 51.4 Å². The molecule has 9 nitrogen and oxygen atoms in total. The molecule has 0 unspecified atom stereocenters. The van der Waals surface area contributed by atoms with Gasteiger partial charge in [-0.3, -0.25) is 0 Å². The van der Waals surface area contributed by atoms with Gasteiger partial charge in [-0.25, -0.2) is 0 Å². The molecule has 0 amide bonds. The Bertz CT molecular complexity index is 1080. The predicted octanol–water partition coefficient (Wildman–Crippen LogP) is 3.85. The molecule has 0 bridgehead atoms. The third-order valence-electron chi connectivity index (χ3n) is 3.82. The van der Waals surface area contributed by atoms with E-state index in [2.05, 4.69) is 35.8 Å². The first-order chi connectivity index (χ1) is 14.2. The Kier molecular flexibility index (Phi) is 5.86. The van der Waals surface area contributed by atoms with E-state index in [1.165, 1.54) is 23.1 Å². The fourth-order valence-corrected chi connectivity index (χ4v) is 4.04. The predicted molar refractivity (Wildman–Crippen MR) is 114 cm³/mol. The summed E-state index contributed by atoms with van der Waals surface area (Å²) in [4.78, 5) is 12.8. The minimum Gasteiger partial charge on any atom is -0.467 e. The van der Waals surface area contributed by atoms with Crippen molar-refractivity contribution in [2.24, 2.45) is 0 Å². The molecule has 4 N–H and O–H groups in total. The van der Waals surface area contributed by atoms with Crippen LogP contribution in [0.1, 0.15) is 17.1 Å². The number of para-hydroxylation sites is 1. The molecule has 3 aromatic heterocycles. The van der Waals surface area contributed by atoms with Crippen LogP contribution in [0.2, 0.25) is 0 Å². The van der Waals surface area contributed by atoms with E-state index in [-0.39, 0.29) is 5.95 Å². The van der Waals surface area contributed by atoms with Gasteiger partial charge in [0.2, 0.25) is 17.0 Å². The van der Waals surface area contributed by atoms with Crippen molar-refractivity contribution in [1.82, 2.24) is 25.1 Å². The summed E-state index contributed by atoms with van der Waals surface area (Å²) < 4.78 is 6.09. The molecule has 0 aliphatic rings. The molecule has 29 heavy (non-hydrogen) atoms. The summed E-state index contributed by atoms with van der Waals surface area (Å²) >= 11 is 2.95. The maximum atomic E-state index is 5.85. The summed E-state index contributed by atoms with van der Waals surface area (Å²) in [6.45, 7) is 2.57. The number of benzene rings is 1. The fourth-order valence-electron chi connectivity index (χ4n) is 2.43. The molecule has 0 atom stereocenters. The molecule has 4 aromatic rings. The average Bonchev–Trinajstić information content (AvgIpc) is 3.38. The van der Waals surface area contributed by atoms with E-state index in [1.807, 2.05) is 43.3 Å². The molecule has 0 fully saturated rings. The number of rotatable bonds is 8. The lowest BCUT2D eigenvalue weighted by Gasteiger charge is -2.09. The molecule has 0 aliphatic carbocycles. The van der Waals surface area contributed by atoms with E-state index in [0.29, 0.717) is 24.1 Å². The van der Waals surface area contributed by atoms with Crippen LogP contribution in [-0.4, -0.2) is 25.1 Å². The molecule has 0 spiro atoms. The van der Waals surface area contributed by atoms with Gasteiger partial charge in [0.05, 0.1) is 18.6 Å². The molecule has 4 rings (SSSR count). The van der Waals surface area contributed by atoms with Gasteiger partial charge in [-0.1, -0.05) is 41.3 Å². The van der Waals surface area contributed by atoms with Gasteiger partial charge in [0.1, 0.15) is 11.6 Å². The van der Waals surface area contributed by atoms with Crippen LogP contribution in [0, 0.1) is 6.92 Å². The molecular formula is C18H18N8OS2. The van der Waals surface area contributed by atoms with E-state index >= 15 is 0 Å². The zero-order chi connectivity index (χ0) is 20.1. The van der Waals surface area contributed by atoms with Gasteiger partial charge >= 0.3 is 0 Å². The summed E-state index contributed by atoms with van der Waals surface area (Å²) in [7, 11) is 0. The number of hydrogen-bond acceptors (Lipinski definition) is 11. The highest BCUT2D eigenvalue weighted by atomic mass is 32.2. The molecule has 1 aromatic carbocycles. The molecular weight excluding hydrogens is 408 g/mol. The number of nitrogens with two attached hydrogens (primary N) is 1. The van der Waals surface area contributed by atoms with Crippen LogP contribution in [0.5, 0.6) is 0 Å². The Morgan fingerprint density at radius 3 is 2.83 bits per heavy atom. The van der Waals surface area contributed by atoms with E-state index in [4.69, 9.17) is 10.2 Å². The number of aromatic nitrogens is 5. The molecule has 3 heterocycles. The minimum absolute atomic E-state index is 0.171. The largest absolute Gasteiger partial charge is 0.467 e. The maximum Gasteiger partial charge on any atom is 0.232 e. The number of thioether (sulfide) groups is 1. The van der Waals surface area contributed by atoms with E-state index in [9.17, 15) is 0 Å². The van der Waals surface area contributed by atoms with Crippen molar-refractivity contribution in [3.8, 4) is 0 Å². The lowest BCUT2D eigenvalue weighted by Crippen LogP contribution is -2.07. The van der Waals surface area contributed by atoms with Crippen molar-refractivity contribution in [2.75, 3.05) is 16.4 Å². The van der Waals surface area contributed by atoms with Gasteiger partial charge < -0.3 is 20.8 Å². The Hall–Kier alpha value is -3.18. The highest BCUT2D eigenvalue weighted by Crippen LogP contribution is 2.28. The molecule has 11 heteroatoms. The van der Waals surface area contributed by atoms with E-state index in [0.717, 1.165) is 26.5 Å². The van der Waals surface area contributed by atoms with Gasteiger partial charge in [0.25, 0.3) is 0 Å². The summed E-state index contributed by atoms with van der Waals surface area (Å²) in [5.74, 6) is 2.50. The Balaban J connectivity index is 1.37. The van der Waals surface area contributed by atoms with Gasteiger partial charge in [0.15, 0.2) is 4.34 Å². The monoisotopic (exact) mass is 426 g/mol. The zero-order valence-corrected chi connectivity index (χ0v) is 17.1. The number of furan rings is 1. The highest BCUT2D eigenvalue weighted by molar-refractivity contribution is 8.00. The topological polar surface area (TPSA) is 128 Å². The Labute approximate surface area is 175 Å². The highest BCUT2D eigenvalue weighted by Gasteiger charge is 2.10. The van der Waals surface area contributed by atoms with Gasteiger partial charge in [-0.05, 0) is 30.7 Å². The SMILES string of the molecule is Cc1ccccc1Nc1nc(N)nc(CSc2nnc(NCc3ccco3)s2)n1. The summed E-state index contributed by atoms with van der Waals surface area (Å²) in [6.07, 6.45) is 1.64. The normalized spacial score (nSPS) is 10.8. The number of hydrogen-bond donors (Lipinski definition) is 3. The second kappa shape index (κ2) is 8.88. The first-order valence-electron chi connectivity index (χ1n) is 8.71. The van der Waals surface area contributed by atoms with Crippen LogP contribution in [0.25, 0.3) is 0 Å². The van der Waals surface area contributed by atoms with Crippen LogP contribution in [0.3, 0.4) is 0 Å². The van der Waals surface area contributed by atoms with Crippen molar-refractivity contribution < 1.29 is 4.42 Å². The van der Waals surface area contributed by atoms with Crippen LogP contribution >= 0.6 is 23.1 Å². The standard InChI is InChI=1S/C18H18N8OS2/c1-11-5-2-3-7-13(11)21-16-23-14(22-15(19)24-16)10-28-18-26-25-17(29-18)20-9-12-6-4-8-27-12/h2-8H,9-10H2,1H3,(H,20,25)(H3,19,21,22,23,24). The smallest absolute Gasteiger partial charge is 0.232 e. The third kappa shape index (κ3) is 5.21. The molecule has 148 valence electrons. The van der Waals surface area contributed by atoms with Crippen molar-refractivity contribution in [3.63, 3.8) is 0 Å². The van der Waals surface area contributed by atoms with Crippen molar-refractivity contribution in [1.29, 1.82) is 0 Å². The molecule has 0 radical (unpaired) electrons. The molecule has 0 saturated heterocycles. The van der Waals surface area contributed by atoms with E-state index < -0.39 is 0 Å². The van der Waals surface area contributed by atoms with Crippen molar-refractivity contribution in [3.05, 3.63) is 59.8 Å². The second-order valence-electron chi connectivity index (χ2n) is 5.97. The first kappa shape index (κ1) is 19.2. The van der Waals surface area contributed by atoms with Gasteiger partial charge in [0, 0.05) is 5.69 Å². The van der Waals surface area contributed by atoms with Crippen molar-refractivity contribution >= 4 is 45.8 Å². The average molecular weight is 427 g/mol. The van der Waals surface area contributed by atoms with Crippen LogP contribution in [-0.2, 0) is 12.3 Å². The maximum absolute atomic E-state index is 5.85. The van der Waals surface area contributed by atoms with Gasteiger partial charge in [-0.15, -0.1) is 10.2 Å². The summed E-state index contributed by atoms with van der Waals surface area (Å²) in [5.41, 5.74) is 7.87. The zero-order valence-electron chi connectivity index (χ0n) is 15.5. The molecule has 0 aliphatic heterocycles. The lowest BCUT2D eigenvalue weighted by atomic mass is 10.2. The minimum atomic E-state index is 0.171. The number of anilines is 4. The fraction of sp³-hybridized carbons (Fsp3) is 0.167. The number of aryl methyl sites for hydroxylation is 1. The second-order valence-corrected chi connectivity index (χ2v) is 8.17. The molecule has 0 saturated carbocycles. The van der Waals surface area contributed by atoms with Gasteiger partial charge in [-0.2, -0.15) is 15.0 Å². The number of nitrogen functional groups attached to an aromatic ring is 1.